The van der Waals surface area contributed by atoms with Crippen LogP contribution in [0.15, 0.2) is 48.3 Å². The first-order valence-corrected chi connectivity index (χ1v) is 9.52. The van der Waals surface area contributed by atoms with Crippen molar-refractivity contribution in [2.24, 2.45) is 0 Å². The zero-order chi connectivity index (χ0) is 21.8. The molecule has 1 N–H and O–H groups in total. The minimum absolute atomic E-state index is 0.0117. The first-order chi connectivity index (χ1) is 14.3. The summed E-state index contributed by atoms with van der Waals surface area (Å²) in [5.74, 6) is -2.42. The van der Waals surface area contributed by atoms with Crippen molar-refractivity contribution in [2.75, 3.05) is 34.3 Å². The highest BCUT2D eigenvalue weighted by Crippen LogP contribution is 2.40. The number of rotatable bonds is 7. The number of ketones is 1. The van der Waals surface area contributed by atoms with Crippen molar-refractivity contribution in [1.82, 2.24) is 14.8 Å². The predicted octanol–water partition coefficient (Wildman–Crippen LogP) is 2.60. The van der Waals surface area contributed by atoms with Gasteiger partial charge in [-0.3, -0.25) is 14.6 Å². The van der Waals surface area contributed by atoms with Crippen molar-refractivity contribution in [3.05, 3.63) is 65.2 Å². The number of benzene rings is 1. The number of ether oxygens (including phenoxy) is 1. The van der Waals surface area contributed by atoms with Crippen molar-refractivity contribution in [1.29, 1.82) is 0 Å². The average Bonchev–Trinajstić information content (AvgIpc) is 2.98. The second-order valence-electron chi connectivity index (χ2n) is 7.28. The van der Waals surface area contributed by atoms with E-state index in [1.54, 1.807) is 24.5 Å². The molecule has 158 valence electrons. The van der Waals surface area contributed by atoms with E-state index in [1.165, 1.54) is 24.1 Å². The summed E-state index contributed by atoms with van der Waals surface area (Å²) in [5, 5.41) is 11.0. The number of halogens is 1. The van der Waals surface area contributed by atoms with E-state index in [1.807, 2.05) is 19.0 Å². The van der Waals surface area contributed by atoms with E-state index >= 15 is 0 Å². The number of aliphatic hydroxyl groups excluding tert-OH is 1. The molecule has 1 aromatic heterocycles. The van der Waals surface area contributed by atoms with Gasteiger partial charge in [0.05, 0.1) is 24.3 Å². The molecule has 0 saturated carbocycles. The molecule has 1 aliphatic heterocycles. The van der Waals surface area contributed by atoms with E-state index in [4.69, 9.17) is 4.74 Å². The maximum atomic E-state index is 13.9. The monoisotopic (exact) mass is 413 g/mol. The fourth-order valence-corrected chi connectivity index (χ4v) is 3.56. The third-order valence-electron chi connectivity index (χ3n) is 4.96. The molecule has 1 atom stereocenters. The summed E-state index contributed by atoms with van der Waals surface area (Å²) in [6.07, 6.45) is 3.77. The Morgan fingerprint density at radius 1 is 1.30 bits per heavy atom. The molecule has 2 aromatic rings. The van der Waals surface area contributed by atoms with Gasteiger partial charge in [0.15, 0.2) is 0 Å². The molecule has 0 radical (unpaired) electrons. The Morgan fingerprint density at radius 3 is 2.70 bits per heavy atom. The van der Waals surface area contributed by atoms with Gasteiger partial charge in [-0.2, -0.15) is 0 Å². The molecule has 1 fully saturated rings. The minimum atomic E-state index is -0.825. The molecule has 30 heavy (non-hydrogen) atoms. The molecule has 1 unspecified atom stereocenters. The highest BCUT2D eigenvalue weighted by molar-refractivity contribution is 6.46. The lowest BCUT2D eigenvalue weighted by Crippen LogP contribution is -2.32. The zero-order valence-corrected chi connectivity index (χ0v) is 17.1. The number of methoxy groups -OCH3 is 1. The smallest absolute Gasteiger partial charge is 0.295 e. The van der Waals surface area contributed by atoms with E-state index in [9.17, 15) is 19.1 Å². The van der Waals surface area contributed by atoms with Crippen molar-refractivity contribution >= 4 is 17.4 Å². The molecule has 3 rings (SSSR count). The van der Waals surface area contributed by atoms with Crippen LogP contribution in [-0.2, 0) is 9.59 Å². The summed E-state index contributed by atoms with van der Waals surface area (Å²) in [7, 11) is 5.22. The van der Waals surface area contributed by atoms with Crippen LogP contribution in [-0.4, -0.2) is 65.9 Å². The van der Waals surface area contributed by atoms with Gasteiger partial charge >= 0.3 is 0 Å². The zero-order valence-electron chi connectivity index (χ0n) is 17.1. The standard InChI is InChI=1S/C22H24FN3O4/c1-25(2)10-5-11-26-19(14-6-4-9-24-13-14)18(21(28)22(26)29)20(27)16-12-15(23)7-8-17(16)30-3/h4,6-9,12-13,19,27H,5,10-11H2,1-3H3. The molecule has 0 spiro atoms. The third kappa shape index (κ3) is 4.18. The van der Waals surface area contributed by atoms with Gasteiger partial charge < -0.3 is 19.6 Å². The van der Waals surface area contributed by atoms with Crippen molar-refractivity contribution in [3.63, 3.8) is 0 Å². The second kappa shape index (κ2) is 9.04. The van der Waals surface area contributed by atoms with E-state index < -0.39 is 29.3 Å². The normalized spacial score (nSPS) is 18.3. The van der Waals surface area contributed by atoms with Crippen LogP contribution in [0.3, 0.4) is 0 Å². The van der Waals surface area contributed by atoms with E-state index in [-0.39, 0.29) is 16.9 Å². The van der Waals surface area contributed by atoms with Crippen LogP contribution in [0.2, 0.25) is 0 Å². The molecule has 7 nitrogen and oxygen atoms in total. The van der Waals surface area contributed by atoms with Crippen LogP contribution < -0.4 is 4.74 Å². The Bertz CT molecular complexity index is 976. The molecule has 0 bridgehead atoms. The SMILES string of the molecule is COc1ccc(F)cc1C(O)=C1C(=O)C(=O)N(CCCN(C)C)C1c1cccnc1. The molecule has 8 heteroatoms. The minimum Gasteiger partial charge on any atom is -0.507 e. The number of amides is 1. The van der Waals surface area contributed by atoms with Gasteiger partial charge in [-0.05, 0) is 56.9 Å². The van der Waals surface area contributed by atoms with Gasteiger partial charge in [-0.1, -0.05) is 6.07 Å². The largest absolute Gasteiger partial charge is 0.507 e. The molecular weight excluding hydrogens is 389 g/mol. The fourth-order valence-electron chi connectivity index (χ4n) is 3.56. The number of likely N-dealkylation sites (tertiary alicyclic amines) is 1. The lowest BCUT2D eigenvalue weighted by molar-refractivity contribution is -0.139. The lowest BCUT2D eigenvalue weighted by atomic mass is 9.96. The Morgan fingerprint density at radius 2 is 2.07 bits per heavy atom. The summed E-state index contributed by atoms with van der Waals surface area (Å²) in [4.78, 5) is 33.2. The summed E-state index contributed by atoms with van der Waals surface area (Å²) in [6, 6.07) is 6.23. The highest BCUT2D eigenvalue weighted by atomic mass is 19.1. The number of Topliss-reactive ketones (excluding diaryl/α,β-unsaturated/α-hetero) is 1. The van der Waals surface area contributed by atoms with E-state index in [2.05, 4.69) is 4.98 Å². The highest BCUT2D eigenvalue weighted by Gasteiger charge is 2.46. The maximum Gasteiger partial charge on any atom is 0.295 e. The van der Waals surface area contributed by atoms with Gasteiger partial charge in [0.25, 0.3) is 11.7 Å². The number of hydrogen-bond acceptors (Lipinski definition) is 6. The number of hydrogen-bond donors (Lipinski definition) is 1. The second-order valence-corrected chi connectivity index (χ2v) is 7.28. The molecule has 1 amide bonds. The van der Waals surface area contributed by atoms with Crippen LogP contribution >= 0.6 is 0 Å². The number of carbonyl (C=O) groups is 2. The number of aromatic nitrogens is 1. The third-order valence-corrected chi connectivity index (χ3v) is 4.96. The summed E-state index contributed by atoms with van der Waals surface area (Å²) in [6.45, 7) is 1.04. The first kappa shape index (κ1) is 21.4. The van der Waals surface area contributed by atoms with E-state index in [0.717, 1.165) is 12.6 Å². The molecule has 2 heterocycles. The van der Waals surface area contributed by atoms with Crippen LogP contribution in [0.4, 0.5) is 4.39 Å². The molecule has 0 aliphatic carbocycles. The lowest BCUT2D eigenvalue weighted by Gasteiger charge is -2.25. The van der Waals surface area contributed by atoms with Gasteiger partial charge in [-0.25, -0.2) is 4.39 Å². The summed E-state index contributed by atoms with van der Waals surface area (Å²) in [5.41, 5.74) is 0.484. The van der Waals surface area contributed by atoms with Gasteiger partial charge in [0.2, 0.25) is 0 Å². The molecule has 1 saturated heterocycles. The maximum absolute atomic E-state index is 13.9. The van der Waals surface area contributed by atoms with Crippen molar-refractivity contribution < 1.29 is 23.8 Å². The number of carbonyl (C=O) groups excluding carboxylic acids is 2. The Kier molecular flexibility index (Phi) is 6.47. The fraction of sp³-hybridized carbons (Fsp3) is 0.318. The Labute approximate surface area is 174 Å². The number of nitrogens with zero attached hydrogens (tertiary/aromatic N) is 3. The number of pyridine rings is 1. The first-order valence-electron chi connectivity index (χ1n) is 9.52. The summed E-state index contributed by atoms with van der Waals surface area (Å²) < 4.78 is 19.1. The topological polar surface area (TPSA) is 83.0 Å². The number of aliphatic hydroxyl groups is 1. The Balaban J connectivity index is 2.13. The molecule has 1 aliphatic rings. The van der Waals surface area contributed by atoms with Crippen LogP contribution in [0.1, 0.15) is 23.6 Å². The molecular formula is C22H24FN3O4. The average molecular weight is 413 g/mol. The quantitative estimate of drug-likeness (QED) is 0.427. The van der Waals surface area contributed by atoms with Crippen LogP contribution in [0.25, 0.3) is 5.76 Å². The van der Waals surface area contributed by atoms with Crippen molar-refractivity contribution in [3.8, 4) is 5.75 Å². The van der Waals surface area contributed by atoms with Gasteiger partial charge in [-0.15, -0.1) is 0 Å². The summed E-state index contributed by atoms with van der Waals surface area (Å²) >= 11 is 0. The Hall–Kier alpha value is -3.26. The predicted molar refractivity (Wildman–Crippen MR) is 109 cm³/mol. The van der Waals surface area contributed by atoms with Crippen molar-refractivity contribution in [2.45, 2.75) is 12.5 Å². The van der Waals surface area contributed by atoms with E-state index in [0.29, 0.717) is 18.5 Å². The van der Waals surface area contributed by atoms with Crippen LogP contribution in [0, 0.1) is 5.82 Å². The van der Waals surface area contributed by atoms with Gasteiger partial charge in [0.1, 0.15) is 17.3 Å². The van der Waals surface area contributed by atoms with Gasteiger partial charge in [0, 0.05) is 18.9 Å². The van der Waals surface area contributed by atoms with Crippen LogP contribution in [0.5, 0.6) is 5.75 Å². The molecule has 1 aromatic carbocycles.